The lowest BCUT2D eigenvalue weighted by molar-refractivity contribution is -0.136. The van der Waals surface area contributed by atoms with E-state index in [-0.39, 0.29) is 11.8 Å². The molecule has 0 bridgehead atoms. The maximum absolute atomic E-state index is 13.2. The van der Waals surface area contributed by atoms with Crippen LogP contribution in [-0.4, -0.2) is 47.6 Å². The zero-order chi connectivity index (χ0) is 19.2. The van der Waals surface area contributed by atoms with Crippen molar-refractivity contribution in [3.8, 4) is 0 Å². The topological polar surface area (TPSA) is 58.2 Å². The van der Waals surface area contributed by atoms with Crippen LogP contribution in [-0.2, 0) is 28.8 Å². The van der Waals surface area contributed by atoms with E-state index < -0.39 is 0 Å². The summed E-state index contributed by atoms with van der Waals surface area (Å²) < 4.78 is 5.24. The van der Waals surface area contributed by atoms with Crippen LogP contribution in [0.1, 0.15) is 49.0 Å². The number of ether oxygens (including phenoxy) is 1. The highest BCUT2D eigenvalue weighted by Crippen LogP contribution is 2.27. The number of benzene rings is 1. The summed E-state index contributed by atoms with van der Waals surface area (Å²) in [6.45, 7) is 6.23. The number of nitrogens with one attached hydrogen (secondary N) is 1. The van der Waals surface area contributed by atoms with Gasteiger partial charge in [0.1, 0.15) is 5.82 Å². The Morgan fingerprint density at radius 1 is 1.30 bits per heavy atom. The largest absolute Gasteiger partial charge is 0.383 e. The van der Waals surface area contributed by atoms with E-state index in [1.807, 2.05) is 23.1 Å². The van der Waals surface area contributed by atoms with Crippen LogP contribution in [0.4, 0.5) is 0 Å². The molecule has 1 aromatic carbocycles. The van der Waals surface area contributed by atoms with Crippen LogP contribution in [0.25, 0.3) is 0 Å². The highest BCUT2D eigenvalue weighted by atomic mass is 16.5. The van der Waals surface area contributed by atoms with Crippen LogP contribution in [0.5, 0.6) is 0 Å². The van der Waals surface area contributed by atoms with Gasteiger partial charge in [-0.3, -0.25) is 4.79 Å². The van der Waals surface area contributed by atoms with Crippen LogP contribution in [0, 0.1) is 5.92 Å². The first-order chi connectivity index (χ1) is 13.1. The number of hydrogen-bond acceptors (Lipinski definition) is 3. The number of carbonyl (C=O) groups is 1. The third-order valence-corrected chi connectivity index (χ3v) is 5.35. The van der Waals surface area contributed by atoms with E-state index in [4.69, 9.17) is 9.72 Å². The van der Waals surface area contributed by atoms with Gasteiger partial charge in [0.15, 0.2) is 0 Å². The molecule has 0 saturated carbocycles. The third-order valence-electron chi connectivity index (χ3n) is 5.35. The van der Waals surface area contributed by atoms with Gasteiger partial charge >= 0.3 is 0 Å². The molecule has 0 aliphatic heterocycles. The number of amides is 1. The minimum atomic E-state index is 0.0330. The van der Waals surface area contributed by atoms with E-state index in [2.05, 4.69) is 31.0 Å². The molecule has 1 aliphatic carbocycles. The van der Waals surface area contributed by atoms with Gasteiger partial charge in [-0.05, 0) is 24.8 Å². The van der Waals surface area contributed by atoms with Gasteiger partial charge in [0.2, 0.25) is 5.91 Å². The quantitative estimate of drug-likeness (QED) is 0.776. The summed E-state index contributed by atoms with van der Waals surface area (Å²) in [5, 5.41) is 0. The van der Waals surface area contributed by atoms with Crippen LogP contribution in [0.2, 0.25) is 0 Å². The van der Waals surface area contributed by atoms with Crippen molar-refractivity contribution in [1.29, 1.82) is 0 Å². The van der Waals surface area contributed by atoms with Gasteiger partial charge < -0.3 is 14.6 Å². The number of aryl methyl sites for hydroxylation is 1. The zero-order valence-electron chi connectivity index (χ0n) is 16.7. The Bertz CT molecular complexity index is 739. The van der Waals surface area contributed by atoms with Gasteiger partial charge in [0, 0.05) is 44.1 Å². The number of nitrogens with zero attached hydrogens (tertiary/aromatic N) is 2. The average molecular weight is 370 g/mol. The molecule has 1 amide bonds. The summed E-state index contributed by atoms with van der Waals surface area (Å²) in [6, 6.07) is 10.3. The minimum Gasteiger partial charge on any atom is -0.383 e. The molecule has 1 aromatic heterocycles. The Morgan fingerprint density at radius 2 is 2.07 bits per heavy atom. The summed E-state index contributed by atoms with van der Waals surface area (Å²) in [5.74, 6) is 1.70. The van der Waals surface area contributed by atoms with Gasteiger partial charge in [0.25, 0.3) is 0 Å². The van der Waals surface area contributed by atoms with Crippen molar-refractivity contribution in [3.05, 3.63) is 53.1 Å². The molecule has 0 saturated heterocycles. The first kappa shape index (κ1) is 19.6. The molecular formula is C22H31N3O2. The molecule has 0 radical (unpaired) electrons. The lowest BCUT2D eigenvalue weighted by Gasteiger charge is -2.29. The molecule has 27 heavy (non-hydrogen) atoms. The first-order valence-electron chi connectivity index (χ1n) is 9.97. The molecule has 5 nitrogen and oxygen atoms in total. The fraction of sp³-hybridized carbons (Fsp3) is 0.545. The number of fused-ring (bicyclic) bond motifs is 1. The van der Waals surface area contributed by atoms with Crippen molar-refractivity contribution < 1.29 is 9.53 Å². The average Bonchev–Trinajstić information content (AvgIpc) is 3.12. The molecule has 1 atom stereocenters. The van der Waals surface area contributed by atoms with Gasteiger partial charge in [-0.2, -0.15) is 0 Å². The second-order valence-electron chi connectivity index (χ2n) is 7.70. The van der Waals surface area contributed by atoms with Crippen molar-refractivity contribution in [2.75, 3.05) is 26.8 Å². The van der Waals surface area contributed by atoms with Crippen LogP contribution in [0.15, 0.2) is 30.3 Å². The molecule has 1 aliphatic rings. The minimum absolute atomic E-state index is 0.0330. The fourth-order valence-electron chi connectivity index (χ4n) is 3.69. The highest BCUT2D eigenvalue weighted by Gasteiger charge is 2.30. The second kappa shape index (κ2) is 9.18. The summed E-state index contributed by atoms with van der Waals surface area (Å²) >= 11 is 0. The van der Waals surface area contributed by atoms with E-state index in [1.54, 1.807) is 7.11 Å². The van der Waals surface area contributed by atoms with E-state index in [9.17, 15) is 4.79 Å². The summed E-state index contributed by atoms with van der Waals surface area (Å²) in [6.07, 6.45) is 3.40. The first-order valence-corrected chi connectivity index (χ1v) is 9.97. The number of aromatic amines is 1. The van der Waals surface area contributed by atoms with Crippen molar-refractivity contribution in [3.63, 3.8) is 0 Å². The van der Waals surface area contributed by atoms with Crippen LogP contribution < -0.4 is 0 Å². The smallest absolute Gasteiger partial charge is 0.226 e. The Kier molecular flexibility index (Phi) is 6.67. The van der Waals surface area contributed by atoms with Gasteiger partial charge in [-0.1, -0.05) is 44.2 Å². The van der Waals surface area contributed by atoms with Crippen molar-refractivity contribution >= 4 is 5.91 Å². The molecule has 0 fully saturated rings. The number of methoxy groups -OCH3 is 1. The predicted octanol–water partition coefficient (Wildman–Crippen LogP) is 3.36. The number of aromatic nitrogens is 2. The summed E-state index contributed by atoms with van der Waals surface area (Å²) in [5.41, 5.74) is 3.56. The maximum Gasteiger partial charge on any atom is 0.226 e. The molecular weight excluding hydrogens is 338 g/mol. The van der Waals surface area contributed by atoms with E-state index in [0.717, 1.165) is 49.4 Å². The SMILES string of the molecule is COCCN(CCc1ccccc1)C(=O)C1CCc2nc(C(C)C)[nH]c2C1. The van der Waals surface area contributed by atoms with Crippen LogP contribution in [0.3, 0.4) is 0 Å². The fourth-order valence-corrected chi connectivity index (χ4v) is 3.69. The number of carbonyl (C=O) groups excluding carboxylic acids is 1. The van der Waals surface area contributed by atoms with Crippen molar-refractivity contribution in [2.45, 2.75) is 45.4 Å². The Labute approximate surface area is 162 Å². The normalized spacial score (nSPS) is 16.4. The molecule has 1 N–H and O–H groups in total. The Hall–Kier alpha value is -2.14. The number of imidazole rings is 1. The lowest BCUT2D eigenvalue weighted by Crippen LogP contribution is -2.41. The van der Waals surface area contributed by atoms with Gasteiger partial charge in [-0.25, -0.2) is 4.98 Å². The molecule has 1 heterocycles. The molecule has 5 heteroatoms. The second-order valence-corrected chi connectivity index (χ2v) is 7.70. The standard InChI is InChI=1S/C22H31N3O2/c1-16(2)21-23-19-10-9-18(15-20(19)24-21)22(26)25(13-14-27-3)12-11-17-7-5-4-6-8-17/h4-8,16,18H,9-15H2,1-3H3,(H,23,24). The van der Waals surface area contributed by atoms with E-state index in [0.29, 0.717) is 19.1 Å². The van der Waals surface area contributed by atoms with Crippen molar-refractivity contribution in [1.82, 2.24) is 14.9 Å². The molecule has 1 unspecified atom stereocenters. The molecule has 3 rings (SSSR count). The lowest BCUT2D eigenvalue weighted by atomic mass is 9.88. The Morgan fingerprint density at radius 3 is 2.78 bits per heavy atom. The van der Waals surface area contributed by atoms with E-state index >= 15 is 0 Å². The monoisotopic (exact) mass is 369 g/mol. The van der Waals surface area contributed by atoms with Crippen molar-refractivity contribution in [2.24, 2.45) is 5.92 Å². The molecule has 0 spiro atoms. The molecule has 146 valence electrons. The number of hydrogen-bond donors (Lipinski definition) is 1. The predicted molar refractivity (Wildman–Crippen MR) is 107 cm³/mol. The number of rotatable bonds is 8. The van der Waals surface area contributed by atoms with Gasteiger partial charge in [0.05, 0.1) is 12.3 Å². The Balaban J connectivity index is 1.65. The zero-order valence-corrected chi connectivity index (χ0v) is 16.7. The van der Waals surface area contributed by atoms with Gasteiger partial charge in [-0.15, -0.1) is 0 Å². The highest BCUT2D eigenvalue weighted by molar-refractivity contribution is 5.79. The van der Waals surface area contributed by atoms with Crippen LogP contribution >= 0.6 is 0 Å². The van der Waals surface area contributed by atoms with E-state index in [1.165, 1.54) is 5.56 Å². The summed E-state index contributed by atoms with van der Waals surface area (Å²) in [7, 11) is 1.69. The number of H-pyrrole nitrogens is 1. The molecule has 2 aromatic rings. The summed E-state index contributed by atoms with van der Waals surface area (Å²) in [4.78, 5) is 23.4. The maximum atomic E-state index is 13.2. The third kappa shape index (κ3) is 4.98.